The Morgan fingerprint density at radius 1 is 1.17 bits per heavy atom. The van der Waals surface area contributed by atoms with Crippen LogP contribution in [0.4, 0.5) is 17.1 Å². The number of nitro groups is 1. The third-order valence-electron chi connectivity index (χ3n) is 3.24. The third kappa shape index (κ3) is 4.26. The number of hydrogen-bond acceptors (Lipinski definition) is 5. The molecule has 124 valence electrons. The van der Waals surface area contributed by atoms with Crippen LogP contribution in [0.3, 0.4) is 0 Å². The molecule has 0 radical (unpaired) electrons. The minimum atomic E-state index is -0.470. The first-order valence-corrected chi connectivity index (χ1v) is 7.33. The van der Waals surface area contributed by atoms with Crippen molar-refractivity contribution in [1.82, 2.24) is 0 Å². The summed E-state index contributed by atoms with van der Waals surface area (Å²) in [5.74, 6) is -0.438. The van der Waals surface area contributed by atoms with Crippen LogP contribution in [0.15, 0.2) is 42.5 Å². The summed E-state index contributed by atoms with van der Waals surface area (Å²) in [5.41, 5.74) is 2.58. The molecule has 0 bridgehead atoms. The summed E-state index contributed by atoms with van der Waals surface area (Å²) in [7, 11) is 1.32. The van der Waals surface area contributed by atoms with Crippen molar-refractivity contribution in [3.63, 3.8) is 0 Å². The number of rotatable bonds is 4. The zero-order chi connectivity index (χ0) is 17.7. The number of methoxy groups -OCH3 is 1. The summed E-state index contributed by atoms with van der Waals surface area (Å²) in [5, 5.41) is 16.9. The Morgan fingerprint density at radius 3 is 2.42 bits per heavy atom. The zero-order valence-electron chi connectivity index (χ0n) is 13.0. The number of benzene rings is 2. The van der Waals surface area contributed by atoms with E-state index in [1.807, 2.05) is 6.92 Å². The number of non-ortho nitro benzene ring substituents is 1. The van der Waals surface area contributed by atoms with Crippen LogP contribution >= 0.6 is 12.2 Å². The van der Waals surface area contributed by atoms with E-state index >= 15 is 0 Å². The van der Waals surface area contributed by atoms with Gasteiger partial charge in [0.1, 0.15) is 0 Å². The van der Waals surface area contributed by atoms with E-state index in [4.69, 9.17) is 17.0 Å². The number of nitrogens with zero attached hydrogens (tertiary/aromatic N) is 1. The smallest absolute Gasteiger partial charge is 0.337 e. The molecular weight excluding hydrogens is 330 g/mol. The second-order valence-electron chi connectivity index (χ2n) is 4.90. The second kappa shape index (κ2) is 7.51. The van der Waals surface area contributed by atoms with Gasteiger partial charge in [-0.05, 0) is 49.0 Å². The largest absolute Gasteiger partial charge is 0.465 e. The quantitative estimate of drug-likeness (QED) is 0.379. The number of carbonyl (C=O) groups is 1. The maximum absolute atomic E-state index is 11.6. The van der Waals surface area contributed by atoms with E-state index in [1.165, 1.54) is 19.2 Å². The van der Waals surface area contributed by atoms with E-state index in [0.29, 0.717) is 22.1 Å². The Hall–Kier alpha value is -3.00. The summed E-state index contributed by atoms with van der Waals surface area (Å²) in [6.07, 6.45) is 0. The van der Waals surface area contributed by atoms with Gasteiger partial charge >= 0.3 is 5.97 Å². The number of aryl methyl sites for hydroxylation is 1. The average molecular weight is 345 g/mol. The molecule has 0 saturated carbocycles. The first-order valence-electron chi connectivity index (χ1n) is 6.92. The van der Waals surface area contributed by atoms with Gasteiger partial charge in [0.2, 0.25) is 0 Å². The second-order valence-corrected chi connectivity index (χ2v) is 5.31. The number of carbonyl (C=O) groups excluding carboxylic acids is 1. The van der Waals surface area contributed by atoms with Crippen molar-refractivity contribution in [3.8, 4) is 0 Å². The SMILES string of the molecule is COC(=O)c1ccc(C)c(NC(=S)Nc2ccc([N+](=O)[O-])cc2)c1. The summed E-state index contributed by atoms with van der Waals surface area (Å²) < 4.78 is 4.69. The molecule has 0 aliphatic carbocycles. The van der Waals surface area contributed by atoms with Gasteiger partial charge in [0.15, 0.2) is 5.11 Å². The molecule has 0 saturated heterocycles. The highest BCUT2D eigenvalue weighted by Gasteiger charge is 2.10. The molecule has 0 aliphatic heterocycles. The van der Waals surface area contributed by atoms with Crippen molar-refractivity contribution < 1.29 is 14.5 Å². The highest BCUT2D eigenvalue weighted by Crippen LogP contribution is 2.19. The van der Waals surface area contributed by atoms with Gasteiger partial charge in [-0.2, -0.15) is 0 Å². The van der Waals surface area contributed by atoms with Crippen molar-refractivity contribution in [2.45, 2.75) is 6.92 Å². The molecule has 0 fully saturated rings. The van der Waals surface area contributed by atoms with Gasteiger partial charge in [0, 0.05) is 23.5 Å². The van der Waals surface area contributed by atoms with E-state index in [0.717, 1.165) is 5.56 Å². The topological polar surface area (TPSA) is 93.5 Å². The lowest BCUT2D eigenvalue weighted by Crippen LogP contribution is -2.20. The molecule has 2 rings (SSSR count). The van der Waals surface area contributed by atoms with E-state index in [2.05, 4.69) is 10.6 Å². The number of hydrogen-bond donors (Lipinski definition) is 2. The van der Waals surface area contributed by atoms with Crippen LogP contribution in [0.1, 0.15) is 15.9 Å². The molecular formula is C16H15N3O4S. The van der Waals surface area contributed by atoms with E-state index in [-0.39, 0.29) is 5.69 Å². The lowest BCUT2D eigenvalue weighted by atomic mass is 10.1. The number of nitrogens with one attached hydrogen (secondary N) is 2. The number of thiocarbonyl (C=S) groups is 1. The van der Waals surface area contributed by atoms with Crippen molar-refractivity contribution in [3.05, 3.63) is 63.7 Å². The lowest BCUT2D eigenvalue weighted by molar-refractivity contribution is -0.384. The van der Waals surface area contributed by atoms with Crippen molar-refractivity contribution in [1.29, 1.82) is 0 Å². The molecule has 2 aromatic rings. The van der Waals surface area contributed by atoms with Crippen molar-refractivity contribution >= 4 is 40.4 Å². The molecule has 0 aromatic heterocycles. The molecule has 0 atom stereocenters. The van der Waals surface area contributed by atoms with Gasteiger partial charge < -0.3 is 15.4 Å². The molecule has 0 spiro atoms. The van der Waals surface area contributed by atoms with Crippen LogP contribution in [-0.2, 0) is 4.74 Å². The minimum Gasteiger partial charge on any atom is -0.465 e. The number of esters is 1. The van der Waals surface area contributed by atoms with Gasteiger partial charge in [0.05, 0.1) is 17.6 Å². The summed E-state index contributed by atoms with van der Waals surface area (Å²) in [6, 6.07) is 11.0. The maximum Gasteiger partial charge on any atom is 0.337 e. The molecule has 8 heteroatoms. The minimum absolute atomic E-state index is 0.000973. The summed E-state index contributed by atoms with van der Waals surface area (Å²) in [6.45, 7) is 1.87. The molecule has 24 heavy (non-hydrogen) atoms. The molecule has 0 aliphatic rings. The highest BCUT2D eigenvalue weighted by molar-refractivity contribution is 7.80. The fraction of sp³-hybridized carbons (Fsp3) is 0.125. The fourth-order valence-electron chi connectivity index (χ4n) is 1.95. The number of ether oxygens (including phenoxy) is 1. The van der Waals surface area contributed by atoms with Crippen LogP contribution in [0.5, 0.6) is 0 Å². The molecule has 0 amide bonds. The number of anilines is 2. The van der Waals surface area contributed by atoms with Crippen LogP contribution in [0, 0.1) is 17.0 Å². The van der Waals surface area contributed by atoms with Crippen LogP contribution in [-0.4, -0.2) is 23.1 Å². The Bertz CT molecular complexity index is 790. The normalized spacial score (nSPS) is 9.92. The van der Waals surface area contributed by atoms with Crippen LogP contribution in [0.2, 0.25) is 0 Å². The fourth-order valence-corrected chi connectivity index (χ4v) is 2.18. The lowest BCUT2D eigenvalue weighted by Gasteiger charge is -2.13. The monoisotopic (exact) mass is 345 g/mol. The highest BCUT2D eigenvalue weighted by atomic mass is 32.1. The molecule has 2 N–H and O–H groups in total. The number of nitro benzene ring substituents is 1. The average Bonchev–Trinajstić information content (AvgIpc) is 2.56. The predicted molar refractivity (Wildman–Crippen MR) is 95.5 cm³/mol. The van der Waals surface area contributed by atoms with Crippen LogP contribution in [0.25, 0.3) is 0 Å². The van der Waals surface area contributed by atoms with Gasteiger partial charge in [-0.1, -0.05) is 6.07 Å². The Kier molecular flexibility index (Phi) is 5.43. The van der Waals surface area contributed by atoms with E-state index in [1.54, 1.807) is 30.3 Å². The molecule has 7 nitrogen and oxygen atoms in total. The summed E-state index contributed by atoms with van der Waals surface area (Å²) >= 11 is 5.23. The first-order chi connectivity index (χ1) is 11.4. The Morgan fingerprint density at radius 2 is 1.83 bits per heavy atom. The molecule has 0 unspecified atom stereocenters. The van der Waals surface area contributed by atoms with Gasteiger partial charge in [-0.15, -0.1) is 0 Å². The van der Waals surface area contributed by atoms with Gasteiger partial charge in [-0.25, -0.2) is 4.79 Å². The first kappa shape index (κ1) is 17.4. The van der Waals surface area contributed by atoms with Crippen LogP contribution < -0.4 is 10.6 Å². The standard InChI is InChI=1S/C16H15N3O4S/c1-10-3-4-11(15(20)23-2)9-14(10)18-16(24)17-12-5-7-13(8-6-12)19(21)22/h3-9H,1-2H3,(H2,17,18,24). The van der Waals surface area contributed by atoms with Crippen molar-refractivity contribution in [2.24, 2.45) is 0 Å². The molecule has 0 heterocycles. The Balaban J connectivity index is 2.09. The molecule has 2 aromatic carbocycles. The van der Waals surface area contributed by atoms with Crippen molar-refractivity contribution in [2.75, 3.05) is 17.7 Å². The Labute approximate surface area is 143 Å². The van der Waals surface area contributed by atoms with Gasteiger partial charge in [0.25, 0.3) is 5.69 Å². The zero-order valence-corrected chi connectivity index (χ0v) is 13.8. The predicted octanol–water partition coefficient (Wildman–Crippen LogP) is 3.50. The van der Waals surface area contributed by atoms with E-state index < -0.39 is 10.9 Å². The summed E-state index contributed by atoms with van der Waals surface area (Å²) in [4.78, 5) is 21.8. The third-order valence-corrected chi connectivity index (χ3v) is 3.45. The van der Waals surface area contributed by atoms with E-state index in [9.17, 15) is 14.9 Å². The maximum atomic E-state index is 11.6. The van der Waals surface area contributed by atoms with Gasteiger partial charge in [-0.3, -0.25) is 10.1 Å².